The van der Waals surface area contributed by atoms with Crippen LogP contribution in [0.3, 0.4) is 0 Å². The van der Waals surface area contributed by atoms with Crippen LogP contribution in [0, 0.1) is 0 Å². The van der Waals surface area contributed by atoms with Crippen LogP contribution in [0.25, 0.3) is 10.9 Å². The van der Waals surface area contributed by atoms with Crippen molar-refractivity contribution in [2.45, 2.75) is 32.5 Å². The van der Waals surface area contributed by atoms with Gasteiger partial charge in [0.25, 0.3) is 5.56 Å². The third kappa shape index (κ3) is 3.90. The minimum absolute atomic E-state index is 0.0594. The van der Waals surface area contributed by atoms with Gasteiger partial charge < -0.3 is 4.57 Å². The van der Waals surface area contributed by atoms with Crippen molar-refractivity contribution in [1.82, 2.24) is 19.1 Å². The fourth-order valence-electron chi connectivity index (χ4n) is 4.52. The maximum atomic E-state index is 13.4. The molecule has 1 saturated heterocycles. The van der Waals surface area contributed by atoms with Crippen molar-refractivity contribution in [3.05, 3.63) is 63.7 Å². The van der Waals surface area contributed by atoms with Crippen LogP contribution in [-0.2, 0) is 34.6 Å². The first-order valence-electron chi connectivity index (χ1n) is 11.0. The van der Waals surface area contributed by atoms with Gasteiger partial charge in [0.15, 0.2) is 5.69 Å². The molecule has 3 aromatic rings. The number of fused-ring (bicyclic) bond motifs is 3. The lowest BCUT2D eigenvalue weighted by Crippen LogP contribution is -2.54. The largest absolute Gasteiger partial charge is 0.394 e. The molecule has 0 bridgehead atoms. The van der Waals surface area contributed by atoms with Gasteiger partial charge in [0.05, 0.1) is 29.7 Å². The van der Waals surface area contributed by atoms with Crippen LogP contribution in [0.15, 0.2) is 41.2 Å². The van der Waals surface area contributed by atoms with Crippen molar-refractivity contribution >= 4 is 26.8 Å². The summed E-state index contributed by atoms with van der Waals surface area (Å²) in [6.07, 6.45) is 1.42. The molecule has 1 aromatic carbocycles. The number of hydrogen-bond donors (Lipinski definition) is 1. The second-order valence-corrected chi connectivity index (χ2v) is 10.8. The highest BCUT2D eigenvalue weighted by Gasteiger charge is 2.43. The van der Waals surface area contributed by atoms with Crippen LogP contribution in [0.2, 0.25) is 0 Å². The number of nitrogens with one attached hydrogen (secondary N) is 1. The smallest absolute Gasteiger partial charge is 0.325 e. The number of carbonyl (C=O) groups is 1. The van der Waals surface area contributed by atoms with Gasteiger partial charge in [0, 0.05) is 6.54 Å². The molecule has 174 valence electrons. The SMILES string of the molecule is C[N+]1(OCc2ccccc2)CCn2c(cc3c(=O)[nH]nc(CN4CCCCS4(=O)=O)c32)C1=O. The van der Waals surface area contributed by atoms with Crippen molar-refractivity contribution in [2.75, 3.05) is 25.9 Å². The number of benzene rings is 1. The van der Waals surface area contributed by atoms with E-state index in [1.807, 2.05) is 30.3 Å². The van der Waals surface area contributed by atoms with Gasteiger partial charge in [-0.1, -0.05) is 30.3 Å². The van der Waals surface area contributed by atoms with Crippen LogP contribution in [0.4, 0.5) is 0 Å². The Balaban J connectivity index is 1.49. The summed E-state index contributed by atoms with van der Waals surface area (Å²) < 4.78 is 27.9. The summed E-state index contributed by atoms with van der Waals surface area (Å²) in [5.41, 5.74) is 1.85. The second-order valence-electron chi connectivity index (χ2n) is 8.69. The van der Waals surface area contributed by atoms with E-state index in [0.717, 1.165) is 12.0 Å². The van der Waals surface area contributed by atoms with E-state index in [-0.39, 0.29) is 29.5 Å². The van der Waals surface area contributed by atoms with E-state index in [1.165, 1.54) is 4.31 Å². The molecule has 1 atom stereocenters. The molecule has 2 aliphatic heterocycles. The number of aromatic amines is 1. The topological polar surface area (TPSA) is 114 Å². The van der Waals surface area contributed by atoms with Gasteiger partial charge in [0.1, 0.15) is 25.9 Å². The molecule has 1 fully saturated rings. The molecule has 33 heavy (non-hydrogen) atoms. The molecule has 0 saturated carbocycles. The van der Waals surface area contributed by atoms with E-state index in [4.69, 9.17) is 4.84 Å². The second kappa shape index (κ2) is 8.17. The molecular formula is C22H26N5O5S+. The van der Waals surface area contributed by atoms with Crippen LogP contribution >= 0.6 is 0 Å². The zero-order chi connectivity index (χ0) is 23.2. The molecule has 0 spiro atoms. The monoisotopic (exact) mass is 472 g/mol. The Morgan fingerprint density at radius 1 is 1.15 bits per heavy atom. The van der Waals surface area contributed by atoms with Gasteiger partial charge in [-0.15, -0.1) is 4.65 Å². The van der Waals surface area contributed by atoms with E-state index in [9.17, 15) is 18.0 Å². The normalized spacial score (nSPS) is 23.0. The number of amides is 1. The summed E-state index contributed by atoms with van der Waals surface area (Å²) >= 11 is 0. The van der Waals surface area contributed by atoms with Crippen LogP contribution in [0.5, 0.6) is 0 Å². The number of aromatic nitrogens is 3. The Kier molecular flexibility index (Phi) is 5.44. The number of hydroxylamine groups is 3. The first-order valence-corrected chi connectivity index (χ1v) is 12.6. The summed E-state index contributed by atoms with van der Waals surface area (Å²) in [5.74, 6) is -0.150. The van der Waals surface area contributed by atoms with Gasteiger partial charge in [0.2, 0.25) is 10.0 Å². The van der Waals surface area contributed by atoms with E-state index >= 15 is 0 Å². The molecular weight excluding hydrogens is 446 g/mol. The van der Waals surface area contributed by atoms with E-state index in [2.05, 4.69) is 10.2 Å². The van der Waals surface area contributed by atoms with Crippen molar-refractivity contribution in [3.8, 4) is 0 Å². The summed E-state index contributed by atoms with van der Waals surface area (Å²) in [6.45, 7) is 1.56. The zero-order valence-corrected chi connectivity index (χ0v) is 19.2. The number of quaternary nitrogens is 1. The molecule has 1 amide bonds. The van der Waals surface area contributed by atoms with Gasteiger partial charge in [-0.05, 0) is 24.5 Å². The number of rotatable bonds is 5. The summed E-state index contributed by atoms with van der Waals surface area (Å²) in [4.78, 5) is 32.0. The molecule has 1 unspecified atom stereocenters. The predicted octanol–water partition coefficient (Wildman–Crippen LogP) is 1.38. The quantitative estimate of drug-likeness (QED) is 0.561. The van der Waals surface area contributed by atoms with Crippen LogP contribution in [-0.4, -0.2) is 63.9 Å². The minimum Gasteiger partial charge on any atom is -0.325 e. The average molecular weight is 473 g/mol. The summed E-state index contributed by atoms with van der Waals surface area (Å²) in [7, 11) is -1.65. The number of carbonyl (C=O) groups excluding carboxylic acids is 1. The highest BCUT2D eigenvalue weighted by Crippen LogP contribution is 2.29. The standard InChI is InChI=1S/C22H25N5O5S/c1-27(32-15-16-7-3-2-4-8-16)11-10-26-19(22(27)29)13-17-20(26)18(23-24-21(17)28)14-25-9-5-6-12-33(25,30)31/h2-4,7-8,13H,5-6,9-12,14-15H2,1H3/p+1. The van der Waals surface area contributed by atoms with Gasteiger partial charge in [-0.25, -0.2) is 18.3 Å². The van der Waals surface area contributed by atoms with Gasteiger partial charge >= 0.3 is 5.91 Å². The van der Waals surface area contributed by atoms with Gasteiger partial charge in [-0.3, -0.25) is 4.79 Å². The lowest BCUT2D eigenvalue weighted by atomic mass is 10.2. The predicted molar refractivity (Wildman–Crippen MR) is 120 cm³/mol. The van der Waals surface area contributed by atoms with Crippen molar-refractivity contribution in [2.24, 2.45) is 0 Å². The number of sulfonamides is 1. The van der Waals surface area contributed by atoms with E-state index in [0.29, 0.717) is 48.3 Å². The molecule has 11 heteroatoms. The van der Waals surface area contributed by atoms with Crippen molar-refractivity contribution in [3.63, 3.8) is 0 Å². The maximum absolute atomic E-state index is 13.4. The Bertz CT molecular complexity index is 1380. The fourth-order valence-corrected chi connectivity index (χ4v) is 6.07. The Morgan fingerprint density at radius 2 is 1.94 bits per heavy atom. The average Bonchev–Trinajstić information content (AvgIpc) is 3.20. The van der Waals surface area contributed by atoms with Crippen molar-refractivity contribution in [1.29, 1.82) is 0 Å². The number of nitrogens with zero attached hydrogens (tertiary/aromatic N) is 4. The lowest BCUT2D eigenvalue weighted by Gasteiger charge is -2.33. The molecule has 2 aliphatic rings. The third-order valence-electron chi connectivity index (χ3n) is 6.44. The summed E-state index contributed by atoms with van der Waals surface area (Å²) in [5, 5.41) is 6.96. The fraction of sp³-hybridized carbons (Fsp3) is 0.409. The molecule has 0 radical (unpaired) electrons. The molecule has 10 nitrogen and oxygen atoms in total. The minimum atomic E-state index is -3.37. The Morgan fingerprint density at radius 3 is 2.70 bits per heavy atom. The number of H-pyrrole nitrogens is 1. The highest BCUT2D eigenvalue weighted by atomic mass is 32.2. The van der Waals surface area contributed by atoms with Crippen molar-refractivity contribution < 1.29 is 22.7 Å². The van der Waals surface area contributed by atoms with Gasteiger partial charge in [-0.2, -0.15) is 14.2 Å². The molecule has 0 aliphatic carbocycles. The van der Waals surface area contributed by atoms with Crippen LogP contribution < -0.4 is 5.56 Å². The zero-order valence-electron chi connectivity index (χ0n) is 18.4. The first-order chi connectivity index (χ1) is 15.8. The number of likely N-dealkylation sites (N-methyl/N-ethyl adjacent to an activating group) is 1. The maximum Gasteiger partial charge on any atom is 0.394 e. The van der Waals surface area contributed by atoms with E-state index in [1.54, 1.807) is 17.7 Å². The highest BCUT2D eigenvalue weighted by molar-refractivity contribution is 7.89. The Hall–Kier alpha value is -2.86. The van der Waals surface area contributed by atoms with Crippen LogP contribution in [0.1, 0.15) is 34.6 Å². The number of hydrogen-bond acceptors (Lipinski definition) is 6. The first kappa shape index (κ1) is 22.0. The summed E-state index contributed by atoms with van der Waals surface area (Å²) in [6, 6.07) is 11.2. The molecule has 4 heterocycles. The van der Waals surface area contributed by atoms with E-state index < -0.39 is 15.6 Å². The molecule has 2 aromatic heterocycles. The lowest BCUT2D eigenvalue weighted by molar-refractivity contribution is -1.03. The molecule has 5 rings (SSSR count). The Labute approximate surface area is 191 Å². The molecule has 1 N–H and O–H groups in total. The third-order valence-corrected chi connectivity index (χ3v) is 8.35.